The van der Waals surface area contributed by atoms with E-state index < -0.39 is 0 Å². The molecule has 3 nitrogen and oxygen atoms in total. The zero-order valence-electron chi connectivity index (χ0n) is 14.3. The molecule has 0 aromatic carbocycles. The Morgan fingerprint density at radius 3 is 2.30 bits per heavy atom. The van der Waals surface area contributed by atoms with Crippen LogP contribution in [0.4, 0.5) is 0 Å². The first-order chi connectivity index (χ1) is 9.50. The third-order valence-electron chi connectivity index (χ3n) is 4.52. The van der Waals surface area contributed by atoms with Crippen molar-refractivity contribution >= 4 is 0 Å². The molecule has 1 aromatic heterocycles. The summed E-state index contributed by atoms with van der Waals surface area (Å²) in [5.74, 6) is 0. The van der Waals surface area contributed by atoms with Gasteiger partial charge in [0.1, 0.15) is 0 Å². The predicted octanol–water partition coefficient (Wildman–Crippen LogP) is 3.81. The van der Waals surface area contributed by atoms with Crippen molar-refractivity contribution in [2.24, 2.45) is 5.41 Å². The molecule has 3 heteroatoms. The van der Waals surface area contributed by atoms with Gasteiger partial charge in [-0.1, -0.05) is 34.6 Å². The minimum Gasteiger partial charge on any atom is -0.314 e. The maximum Gasteiger partial charge on any atom is 0.0624 e. The predicted molar refractivity (Wildman–Crippen MR) is 87.1 cm³/mol. The topological polar surface area (TPSA) is 29.9 Å². The zero-order valence-corrected chi connectivity index (χ0v) is 14.3. The summed E-state index contributed by atoms with van der Waals surface area (Å²) < 4.78 is 2.19. The van der Waals surface area contributed by atoms with Gasteiger partial charge in [-0.15, -0.1) is 0 Å². The lowest BCUT2D eigenvalue weighted by Crippen LogP contribution is -2.39. The SMILES string of the molecule is CCc1cc(CC(CC)(CC)CNC(C)C)n(CC)n1. The summed E-state index contributed by atoms with van der Waals surface area (Å²) in [6.45, 7) is 15.5. The van der Waals surface area contributed by atoms with E-state index >= 15 is 0 Å². The second-order valence-corrected chi connectivity index (χ2v) is 6.22. The average Bonchev–Trinajstić information content (AvgIpc) is 2.85. The van der Waals surface area contributed by atoms with Crippen molar-refractivity contribution in [2.75, 3.05) is 6.54 Å². The zero-order chi connectivity index (χ0) is 15.2. The fraction of sp³-hybridized carbons (Fsp3) is 0.824. The second-order valence-electron chi connectivity index (χ2n) is 6.22. The van der Waals surface area contributed by atoms with Crippen molar-refractivity contribution in [1.82, 2.24) is 15.1 Å². The molecule has 1 rings (SSSR count). The molecule has 0 amide bonds. The molecule has 20 heavy (non-hydrogen) atoms. The molecule has 0 saturated carbocycles. The van der Waals surface area contributed by atoms with Crippen LogP contribution < -0.4 is 5.32 Å². The Balaban J connectivity index is 2.91. The van der Waals surface area contributed by atoms with Gasteiger partial charge in [-0.2, -0.15) is 5.10 Å². The summed E-state index contributed by atoms with van der Waals surface area (Å²) in [4.78, 5) is 0. The van der Waals surface area contributed by atoms with E-state index in [0.29, 0.717) is 11.5 Å². The fourth-order valence-electron chi connectivity index (χ4n) is 2.72. The van der Waals surface area contributed by atoms with E-state index in [0.717, 1.165) is 25.9 Å². The first-order valence-electron chi connectivity index (χ1n) is 8.29. The van der Waals surface area contributed by atoms with Crippen molar-refractivity contribution in [3.8, 4) is 0 Å². The number of rotatable bonds is 9. The first kappa shape index (κ1) is 17.2. The van der Waals surface area contributed by atoms with Crippen molar-refractivity contribution in [2.45, 2.75) is 79.8 Å². The largest absolute Gasteiger partial charge is 0.314 e. The van der Waals surface area contributed by atoms with E-state index in [-0.39, 0.29) is 0 Å². The Bertz CT molecular complexity index is 389. The third kappa shape index (κ3) is 4.34. The van der Waals surface area contributed by atoms with Gasteiger partial charge in [-0.05, 0) is 44.1 Å². The highest BCUT2D eigenvalue weighted by Gasteiger charge is 2.28. The van der Waals surface area contributed by atoms with Gasteiger partial charge in [-0.3, -0.25) is 4.68 Å². The Hall–Kier alpha value is -0.830. The number of hydrogen-bond acceptors (Lipinski definition) is 2. The Kier molecular flexibility index (Phi) is 6.74. The lowest BCUT2D eigenvalue weighted by atomic mass is 9.78. The summed E-state index contributed by atoms with van der Waals surface area (Å²) in [6.07, 6.45) is 4.56. The van der Waals surface area contributed by atoms with Crippen LogP contribution in [0.5, 0.6) is 0 Å². The first-order valence-corrected chi connectivity index (χ1v) is 8.29. The Labute approximate surface area is 125 Å². The van der Waals surface area contributed by atoms with Gasteiger partial charge in [-0.25, -0.2) is 0 Å². The quantitative estimate of drug-likeness (QED) is 0.745. The molecule has 0 atom stereocenters. The molecule has 1 aromatic rings. The van der Waals surface area contributed by atoms with Crippen molar-refractivity contribution in [3.63, 3.8) is 0 Å². The van der Waals surface area contributed by atoms with Gasteiger partial charge < -0.3 is 5.32 Å². The molecule has 0 radical (unpaired) electrons. The van der Waals surface area contributed by atoms with Crippen LogP contribution >= 0.6 is 0 Å². The number of aryl methyl sites for hydroxylation is 2. The normalized spacial score (nSPS) is 12.3. The van der Waals surface area contributed by atoms with Crippen molar-refractivity contribution < 1.29 is 0 Å². The van der Waals surface area contributed by atoms with E-state index in [1.54, 1.807) is 0 Å². The highest BCUT2D eigenvalue weighted by Crippen LogP contribution is 2.31. The van der Waals surface area contributed by atoms with Crippen molar-refractivity contribution in [3.05, 3.63) is 17.5 Å². The highest BCUT2D eigenvalue weighted by molar-refractivity contribution is 5.13. The van der Waals surface area contributed by atoms with Crippen LogP contribution in [0.2, 0.25) is 0 Å². The van der Waals surface area contributed by atoms with Crippen LogP contribution in [0.25, 0.3) is 0 Å². The highest BCUT2D eigenvalue weighted by atomic mass is 15.3. The molecule has 0 unspecified atom stereocenters. The molecule has 0 aliphatic heterocycles. The molecule has 0 spiro atoms. The van der Waals surface area contributed by atoms with Gasteiger partial charge in [0.2, 0.25) is 0 Å². The molecule has 116 valence electrons. The number of aromatic nitrogens is 2. The van der Waals surface area contributed by atoms with E-state index in [9.17, 15) is 0 Å². The monoisotopic (exact) mass is 279 g/mol. The molecule has 1 N–H and O–H groups in total. The average molecular weight is 279 g/mol. The van der Waals surface area contributed by atoms with E-state index in [2.05, 4.69) is 57.6 Å². The van der Waals surface area contributed by atoms with E-state index in [1.807, 2.05) is 0 Å². The number of nitrogens with zero attached hydrogens (tertiary/aromatic N) is 2. The standard InChI is InChI=1S/C17H33N3/c1-7-15-11-16(20(10-4)19-15)12-17(8-2,9-3)13-18-14(5)6/h11,14,18H,7-10,12-13H2,1-6H3. The van der Waals surface area contributed by atoms with Crippen LogP contribution in [0.1, 0.15) is 65.8 Å². The smallest absolute Gasteiger partial charge is 0.0624 e. The summed E-state index contributed by atoms with van der Waals surface area (Å²) >= 11 is 0. The Morgan fingerprint density at radius 1 is 1.20 bits per heavy atom. The van der Waals surface area contributed by atoms with Gasteiger partial charge in [0, 0.05) is 24.8 Å². The maximum atomic E-state index is 4.69. The lowest BCUT2D eigenvalue weighted by Gasteiger charge is -2.33. The van der Waals surface area contributed by atoms with Gasteiger partial charge in [0.05, 0.1) is 5.69 Å². The van der Waals surface area contributed by atoms with Crippen LogP contribution in [0.3, 0.4) is 0 Å². The van der Waals surface area contributed by atoms with Gasteiger partial charge in [0.25, 0.3) is 0 Å². The van der Waals surface area contributed by atoms with Crippen LogP contribution in [0, 0.1) is 5.41 Å². The Morgan fingerprint density at radius 2 is 1.85 bits per heavy atom. The lowest BCUT2D eigenvalue weighted by molar-refractivity contribution is 0.234. The van der Waals surface area contributed by atoms with Gasteiger partial charge >= 0.3 is 0 Å². The van der Waals surface area contributed by atoms with Gasteiger partial charge in [0.15, 0.2) is 0 Å². The van der Waals surface area contributed by atoms with E-state index in [4.69, 9.17) is 5.10 Å². The molecular weight excluding hydrogens is 246 g/mol. The third-order valence-corrected chi connectivity index (χ3v) is 4.52. The maximum absolute atomic E-state index is 4.69. The molecule has 0 bridgehead atoms. The summed E-state index contributed by atoms with van der Waals surface area (Å²) in [5, 5.41) is 8.33. The molecule has 0 fully saturated rings. The van der Waals surface area contributed by atoms with Crippen molar-refractivity contribution in [1.29, 1.82) is 0 Å². The van der Waals surface area contributed by atoms with Crippen LogP contribution in [-0.2, 0) is 19.4 Å². The fourth-order valence-corrected chi connectivity index (χ4v) is 2.72. The molecule has 0 saturated heterocycles. The summed E-state index contributed by atoms with van der Waals surface area (Å²) in [7, 11) is 0. The molecule has 1 heterocycles. The number of hydrogen-bond donors (Lipinski definition) is 1. The molecule has 0 aliphatic carbocycles. The summed E-state index contributed by atoms with van der Waals surface area (Å²) in [5.41, 5.74) is 2.97. The van der Waals surface area contributed by atoms with E-state index in [1.165, 1.54) is 24.2 Å². The second kappa shape index (κ2) is 7.82. The number of nitrogens with one attached hydrogen (secondary N) is 1. The van der Waals surface area contributed by atoms with Crippen LogP contribution in [-0.4, -0.2) is 22.4 Å². The summed E-state index contributed by atoms with van der Waals surface area (Å²) in [6, 6.07) is 2.86. The van der Waals surface area contributed by atoms with Crippen LogP contribution in [0.15, 0.2) is 6.07 Å². The molecular formula is C17H33N3. The molecule has 0 aliphatic rings. The minimum absolute atomic E-state index is 0.349. The minimum atomic E-state index is 0.349.